The van der Waals surface area contributed by atoms with Crippen LogP contribution in [0.3, 0.4) is 0 Å². The van der Waals surface area contributed by atoms with Gasteiger partial charge in [0.15, 0.2) is 11.5 Å². The van der Waals surface area contributed by atoms with Crippen molar-refractivity contribution in [2.75, 3.05) is 26.4 Å². The van der Waals surface area contributed by atoms with Gasteiger partial charge in [-0.2, -0.15) is 4.31 Å². The molecular formula is C23H23FN2O6S. The number of nitrogens with zero attached hydrogens (tertiary/aromatic N) is 1. The molecule has 0 unspecified atom stereocenters. The van der Waals surface area contributed by atoms with Crippen molar-refractivity contribution in [3.8, 4) is 11.5 Å². The van der Waals surface area contributed by atoms with Gasteiger partial charge in [-0.15, -0.1) is 0 Å². The van der Waals surface area contributed by atoms with Crippen LogP contribution in [-0.2, 0) is 21.3 Å². The molecule has 0 saturated carbocycles. The minimum absolute atomic E-state index is 0.0428. The standard InChI is InChI=1S/C23H23FN2O6S/c24-17-3-5-19(6-4-17)33(28,29)26(14-18-2-1-7-30-18)13-16-10-15-11-21-22(32-9-8-31-21)12-20(15)25-23(16)27/h3-6,10-12,18H,1-2,7-9,13-14H2,(H,25,27)/t18-/m0/s1. The smallest absolute Gasteiger partial charge is 0.252 e. The van der Waals surface area contributed by atoms with Crippen LogP contribution in [0.25, 0.3) is 10.9 Å². The van der Waals surface area contributed by atoms with Gasteiger partial charge in [0.1, 0.15) is 19.0 Å². The Hall–Kier alpha value is -2.95. The van der Waals surface area contributed by atoms with E-state index in [1.807, 2.05) is 0 Å². The van der Waals surface area contributed by atoms with E-state index in [4.69, 9.17) is 14.2 Å². The van der Waals surface area contributed by atoms with Crippen molar-refractivity contribution in [1.82, 2.24) is 9.29 Å². The molecule has 1 aromatic heterocycles. The highest BCUT2D eigenvalue weighted by atomic mass is 32.2. The lowest BCUT2D eigenvalue weighted by atomic mass is 10.1. The van der Waals surface area contributed by atoms with Gasteiger partial charge in [-0.25, -0.2) is 12.8 Å². The zero-order chi connectivity index (χ0) is 23.0. The Morgan fingerprint density at radius 2 is 1.76 bits per heavy atom. The molecule has 2 aliphatic rings. The summed E-state index contributed by atoms with van der Waals surface area (Å²) in [7, 11) is -4.00. The number of aromatic amines is 1. The van der Waals surface area contributed by atoms with Crippen molar-refractivity contribution >= 4 is 20.9 Å². The molecule has 0 radical (unpaired) electrons. The monoisotopic (exact) mass is 474 g/mol. The Morgan fingerprint density at radius 1 is 1.03 bits per heavy atom. The maximum absolute atomic E-state index is 13.4. The second kappa shape index (κ2) is 8.77. The Morgan fingerprint density at radius 3 is 2.45 bits per heavy atom. The van der Waals surface area contributed by atoms with Crippen molar-refractivity contribution in [3.05, 3.63) is 64.2 Å². The van der Waals surface area contributed by atoms with Crippen LogP contribution in [-0.4, -0.2) is 50.2 Å². The van der Waals surface area contributed by atoms with Crippen LogP contribution in [0.2, 0.25) is 0 Å². The molecule has 3 aromatic rings. The van der Waals surface area contributed by atoms with Crippen molar-refractivity contribution in [1.29, 1.82) is 0 Å². The highest BCUT2D eigenvalue weighted by Crippen LogP contribution is 2.34. The molecule has 1 N–H and O–H groups in total. The first-order valence-corrected chi connectivity index (χ1v) is 12.2. The molecule has 3 heterocycles. The first kappa shape index (κ1) is 21.9. The highest BCUT2D eigenvalue weighted by Gasteiger charge is 2.30. The predicted octanol–water partition coefficient (Wildman–Crippen LogP) is 2.81. The lowest BCUT2D eigenvalue weighted by Gasteiger charge is -2.25. The number of hydrogen-bond donors (Lipinski definition) is 1. The summed E-state index contributed by atoms with van der Waals surface area (Å²) in [4.78, 5) is 15.6. The van der Waals surface area contributed by atoms with Crippen LogP contribution >= 0.6 is 0 Å². The van der Waals surface area contributed by atoms with Crippen LogP contribution in [0.4, 0.5) is 4.39 Å². The molecule has 1 saturated heterocycles. The molecule has 33 heavy (non-hydrogen) atoms. The van der Waals surface area contributed by atoms with E-state index >= 15 is 0 Å². The van der Waals surface area contributed by atoms with E-state index in [1.165, 1.54) is 16.4 Å². The molecule has 0 aliphatic carbocycles. The normalized spacial score (nSPS) is 18.2. The third-order valence-corrected chi connectivity index (χ3v) is 7.64. The number of pyridine rings is 1. The average molecular weight is 475 g/mol. The summed E-state index contributed by atoms with van der Waals surface area (Å²) < 4.78 is 58.2. The molecule has 0 bridgehead atoms. The minimum Gasteiger partial charge on any atom is -0.486 e. The summed E-state index contributed by atoms with van der Waals surface area (Å²) >= 11 is 0. The van der Waals surface area contributed by atoms with Gasteiger partial charge in [-0.05, 0) is 49.2 Å². The summed E-state index contributed by atoms with van der Waals surface area (Å²) in [6.45, 7) is 1.37. The van der Waals surface area contributed by atoms with Crippen LogP contribution in [0.5, 0.6) is 11.5 Å². The molecule has 2 aromatic carbocycles. The number of rotatable bonds is 6. The maximum atomic E-state index is 13.4. The first-order valence-electron chi connectivity index (χ1n) is 10.7. The van der Waals surface area contributed by atoms with Gasteiger partial charge in [-0.3, -0.25) is 4.79 Å². The zero-order valence-corrected chi connectivity index (χ0v) is 18.6. The third kappa shape index (κ3) is 4.46. The second-order valence-corrected chi connectivity index (χ2v) is 10.0. The minimum atomic E-state index is -4.00. The number of hydrogen-bond acceptors (Lipinski definition) is 6. The summed E-state index contributed by atoms with van der Waals surface area (Å²) in [5.41, 5.74) is 0.453. The van der Waals surface area contributed by atoms with Gasteiger partial charge in [-0.1, -0.05) is 0 Å². The van der Waals surface area contributed by atoms with Crippen LogP contribution in [0, 0.1) is 5.82 Å². The predicted molar refractivity (Wildman–Crippen MR) is 119 cm³/mol. The molecule has 0 spiro atoms. The maximum Gasteiger partial charge on any atom is 0.252 e. The summed E-state index contributed by atoms with van der Waals surface area (Å²) in [5.74, 6) is 0.595. The van der Waals surface area contributed by atoms with Crippen LogP contribution < -0.4 is 15.0 Å². The fourth-order valence-corrected chi connectivity index (χ4v) is 5.56. The number of nitrogens with one attached hydrogen (secondary N) is 1. The Kier molecular flexibility index (Phi) is 5.81. The molecule has 0 amide bonds. The van der Waals surface area contributed by atoms with E-state index in [2.05, 4.69) is 4.98 Å². The van der Waals surface area contributed by atoms with E-state index in [1.54, 1.807) is 18.2 Å². The van der Waals surface area contributed by atoms with Gasteiger partial charge in [0.05, 0.1) is 16.5 Å². The second-order valence-electron chi connectivity index (χ2n) is 8.09. The zero-order valence-electron chi connectivity index (χ0n) is 17.8. The quantitative estimate of drug-likeness (QED) is 0.590. The van der Waals surface area contributed by atoms with E-state index in [9.17, 15) is 17.6 Å². The Labute approximate surface area is 189 Å². The lowest BCUT2D eigenvalue weighted by molar-refractivity contribution is 0.0925. The van der Waals surface area contributed by atoms with Crippen molar-refractivity contribution < 1.29 is 27.0 Å². The molecule has 5 rings (SSSR count). The van der Waals surface area contributed by atoms with Gasteiger partial charge in [0.25, 0.3) is 5.56 Å². The van der Waals surface area contributed by atoms with Crippen LogP contribution in [0.1, 0.15) is 18.4 Å². The average Bonchev–Trinajstić information content (AvgIpc) is 3.31. The highest BCUT2D eigenvalue weighted by molar-refractivity contribution is 7.89. The van der Waals surface area contributed by atoms with Crippen molar-refractivity contribution in [3.63, 3.8) is 0 Å². The number of ether oxygens (including phenoxy) is 3. The summed E-state index contributed by atoms with van der Waals surface area (Å²) in [6.07, 6.45) is 1.31. The molecular weight excluding hydrogens is 451 g/mol. The Bertz CT molecular complexity index is 1330. The van der Waals surface area contributed by atoms with Gasteiger partial charge in [0.2, 0.25) is 10.0 Å². The molecule has 2 aliphatic heterocycles. The fraction of sp³-hybridized carbons (Fsp3) is 0.348. The van der Waals surface area contributed by atoms with E-state index < -0.39 is 21.4 Å². The van der Waals surface area contributed by atoms with E-state index in [0.717, 1.165) is 25.0 Å². The van der Waals surface area contributed by atoms with E-state index in [-0.39, 0.29) is 29.7 Å². The first-order chi connectivity index (χ1) is 15.9. The molecule has 8 nitrogen and oxygen atoms in total. The summed E-state index contributed by atoms with van der Waals surface area (Å²) in [6, 6.07) is 9.78. The van der Waals surface area contributed by atoms with Crippen LogP contribution in [0.15, 0.2) is 52.2 Å². The molecule has 174 valence electrons. The summed E-state index contributed by atoms with van der Waals surface area (Å²) in [5, 5.41) is 0.699. The molecule has 1 fully saturated rings. The van der Waals surface area contributed by atoms with Gasteiger partial charge >= 0.3 is 0 Å². The number of fused-ring (bicyclic) bond motifs is 2. The SMILES string of the molecule is O=c1[nH]c2cc3c(cc2cc1CN(C[C@@H]1CCCO1)S(=O)(=O)c1ccc(F)cc1)OCCO3. The fourth-order valence-electron chi connectivity index (χ4n) is 4.11. The van der Waals surface area contributed by atoms with Gasteiger partial charge in [0, 0.05) is 36.7 Å². The largest absolute Gasteiger partial charge is 0.486 e. The van der Waals surface area contributed by atoms with E-state index in [0.29, 0.717) is 42.2 Å². The van der Waals surface area contributed by atoms with Crippen molar-refractivity contribution in [2.45, 2.75) is 30.4 Å². The number of halogens is 1. The topological polar surface area (TPSA) is 97.9 Å². The Balaban J connectivity index is 1.52. The van der Waals surface area contributed by atoms with Gasteiger partial charge < -0.3 is 19.2 Å². The molecule has 1 atom stereocenters. The number of H-pyrrole nitrogens is 1. The third-order valence-electron chi connectivity index (χ3n) is 5.81. The lowest BCUT2D eigenvalue weighted by Crippen LogP contribution is -2.38. The number of sulfonamides is 1. The number of benzene rings is 2. The molecule has 10 heteroatoms. The van der Waals surface area contributed by atoms with Crippen molar-refractivity contribution in [2.24, 2.45) is 0 Å². The number of aromatic nitrogens is 1.